The molecule has 1 saturated carbocycles. The van der Waals surface area contributed by atoms with E-state index in [1.165, 1.54) is 109 Å². The number of ether oxygens (including phenoxy) is 3. The van der Waals surface area contributed by atoms with Crippen LogP contribution in [0.25, 0.3) is 0 Å². The summed E-state index contributed by atoms with van der Waals surface area (Å²) in [7, 11) is 0. The van der Waals surface area contributed by atoms with E-state index in [2.05, 4.69) is 13.8 Å². The average Bonchev–Trinajstić information content (AvgIpc) is 3.02. The summed E-state index contributed by atoms with van der Waals surface area (Å²) in [6.07, 6.45) is 25.3. The first-order chi connectivity index (χ1) is 20.7. The van der Waals surface area contributed by atoms with Crippen LogP contribution in [0.1, 0.15) is 146 Å². The topological polar surface area (TPSA) is 44.8 Å². The molecule has 0 amide bonds. The van der Waals surface area contributed by atoms with Gasteiger partial charge in [-0.15, -0.1) is 0 Å². The molecule has 0 bridgehead atoms. The Balaban J connectivity index is 1.24. The number of unbranched alkanes of at least 4 members (excludes halogenated alkanes) is 10. The lowest BCUT2D eigenvalue weighted by Crippen LogP contribution is -2.15. The molecule has 1 aliphatic rings. The molecule has 42 heavy (non-hydrogen) atoms. The van der Waals surface area contributed by atoms with Gasteiger partial charge in [0.25, 0.3) is 0 Å². The van der Waals surface area contributed by atoms with Crippen LogP contribution in [-0.2, 0) is 0 Å². The Hall–Kier alpha value is -2.49. The highest BCUT2D eigenvalue weighted by Gasteiger charge is 2.20. The molecule has 1 fully saturated rings. The Morgan fingerprint density at radius 3 is 1.55 bits per heavy atom. The monoisotopic (exact) mass is 578 g/mol. The molecular weight excluding hydrogens is 520 g/mol. The number of esters is 1. The zero-order valence-corrected chi connectivity index (χ0v) is 26.8. The van der Waals surface area contributed by atoms with Crippen LogP contribution < -0.4 is 14.2 Å². The smallest absolute Gasteiger partial charge is 0.343 e. The molecule has 0 radical (unpaired) electrons. The van der Waals surface area contributed by atoms with Crippen LogP contribution in [0.4, 0.5) is 0 Å². The summed E-state index contributed by atoms with van der Waals surface area (Å²) in [6, 6.07) is 14.6. The molecule has 0 atom stereocenters. The lowest BCUT2D eigenvalue weighted by atomic mass is 9.78. The summed E-state index contributed by atoms with van der Waals surface area (Å²) in [6.45, 7) is 5.99. The van der Waals surface area contributed by atoms with Crippen molar-refractivity contribution in [3.05, 3.63) is 54.1 Å². The average molecular weight is 579 g/mol. The number of carbonyl (C=O) groups is 1. The van der Waals surface area contributed by atoms with E-state index in [1.807, 2.05) is 24.3 Å². The van der Waals surface area contributed by atoms with Crippen LogP contribution in [0.3, 0.4) is 0 Å². The van der Waals surface area contributed by atoms with Crippen LogP contribution in [0.2, 0.25) is 0 Å². The molecule has 0 saturated heterocycles. The van der Waals surface area contributed by atoms with Gasteiger partial charge in [0, 0.05) is 0 Å². The highest BCUT2D eigenvalue weighted by atomic mass is 16.5. The normalized spacial score (nSPS) is 16.7. The maximum absolute atomic E-state index is 12.6. The Kier molecular flexibility index (Phi) is 17.2. The van der Waals surface area contributed by atoms with Gasteiger partial charge in [0.1, 0.15) is 17.2 Å². The van der Waals surface area contributed by atoms with Crippen LogP contribution in [0.5, 0.6) is 17.2 Å². The van der Waals surface area contributed by atoms with Gasteiger partial charge in [-0.1, -0.05) is 117 Å². The van der Waals surface area contributed by atoms with Crippen molar-refractivity contribution in [3.63, 3.8) is 0 Å². The van der Waals surface area contributed by atoms with Crippen LogP contribution >= 0.6 is 0 Å². The number of hydrogen-bond donors (Lipinski definition) is 0. The van der Waals surface area contributed by atoms with Gasteiger partial charge in [0.05, 0.1) is 18.8 Å². The second-order valence-electron chi connectivity index (χ2n) is 12.4. The standard InChI is InChI=1S/C38H58O4/c1-3-5-7-9-10-12-14-30-40-35-24-22-34(23-25-35)38(39)42-37-28-26-36(27-29-37)41-31-15-17-33-20-18-32(19-21-33)16-13-11-8-6-4-2/h22-29,32-33H,3-21,30-31H2,1-2H3/t32-,33-. The molecule has 3 rings (SSSR count). The van der Waals surface area contributed by atoms with Crippen LogP contribution in [0.15, 0.2) is 48.5 Å². The Morgan fingerprint density at radius 2 is 0.976 bits per heavy atom. The lowest BCUT2D eigenvalue weighted by Gasteiger charge is -2.28. The first kappa shape index (κ1) is 34.0. The van der Waals surface area contributed by atoms with E-state index < -0.39 is 0 Å². The molecule has 0 heterocycles. The minimum atomic E-state index is -0.367. The minimum Gasteiger partial charge on any atom is -0.494 e. The number of rotatable bonds is 22. The highest BCUT2D eigenvalue weighted by Crippen LogP contribution is 2.34. The van der Waals surface area contributed by atoms with E-state index >= 15 is 0 Å². The van der Waals surface area contributed by atoms with E-state index in [4.69, 9.17) is 14.2 Å². The highest BCUT2D eigenvalue weighted by molar-refractivity contribution is 5.91. The number of hydrogen-bond acceptors (Lipinski definition) is 4. The van der Waals surface area contributed by atoms with Crippen molar-refractivity contribution >= 4 is 5.97 Å². The van der Waals surface area contributed by atoms with Crippen molar-refractivity contribution in [3.8, 4) is 17.2 Å². The third-order valence-electron chi connectivity index (χ3n) is 8.85. The Morgan fingerprint density at radius 1 is 0.548 bits per heavy atom. The summed E-state index contributed by atoms with van der Waals surface area (Å²) in [5.74, 6) is 3.62. The third kappa shape index (κ3) is 14.1. The van der Waals surface area contributed by atoms with E-state index in [9.17, 15) is 4.79 Å². The third-order valence-corrected chi connectivity index (χ3v) is 8.85. The summed E-state index contributed by atoms with van der Waals surface area (Å²) < 4.78 is 17.4. The maximum atomic E-state index is 12.6. The molecule has 2 aromatic carbocycles. The molecular formula is C38H58O4. The largest absolute Gasteiger partial charge is 0.494 e. The van der Waals surface area contributed by atoms with Gasteiger partial charge in [-0.25, -0.2) is 4.79 Å². The number of benzene rings is 2. The molecule has 4 nitrogen and oxygen atoms in total. The first-order valence-corrected chi connectivity index (χ1v) is 17.4. The van der Waals surface area contributed by atoms with Gasteiger partial charge < -0.3 is 14.2 Å². The lowest BCUT2D eigenvalue weighted by molar-refractivity contribution is 0.0734. The fraction of sp³-hybridized carbons (Fsp3) is 0.658. The van der Waals surface area contributed by atoms with Crippen molar-refractivity contribution in [2.45, 2.75) is 136 Å². The van der Waals surface area contributed by atoms with Crippen LogP contribution in [0, 0.1) is 11.8 Å². The minimum absolute atomic E-state index is 0.367. The van der Waals surface area contributed by atoms with Crippen molar-refractivity contribution in [2.24, 2.45) is 11.8 Å². The Labute approximate surface area is 256 Å². The van der Waals surface area contributed by atoms with E-state index in [0.717, 1.165) is 42.8 Å². The molecule has 234 valence electrons. The second kappa shape index (κ2) is 21.2. The van der Waals surface area contributed by atoms with E-state index in [-0.39, 0.29) is 5.97 Å². The summed E-state index contributed by atoms with van der Waals surface area (Å²) in [4.78, 5) is 12.6. The molecule has 1 aliphatic carbocycles. The number of carbonyl (C=O) groups excluding carboxylic acids is 1. The van der Waals surface area contributed by atoms with Gasteiger partial charge in [-0.2, -0.15) is 0 Å². The zero-order valence-electron chi connectivity index (χ0n) is 26.8. The molecule has 4 heteroatoms. The van der Waals surface area contributed by atoms with Crippen molar-refractivity contribution in [1.82, 2.24) is 0 Å². The van der Waals surface area contributed by atoms with Gasteiger partial charge in [-0.3, -0.25) is 0 Å². The van der Waals surface area contributed by atoms with Crippen molar-refractivity contribution < 1.29 is 19.0 Å². The van der Waals surface area contributed by atoms with E-state index in [0.29, 0.717) is 17.9 Å². The van der Waals surface area contributed by atoms with Gasteiger partial charge in [0.2, 0.25) is 0 Å². The predicted molar refractivity (Wildman–Crippen MR) is 175 cm³/mol. The van der Waals surface area contributed by atoms with Gasteiger partial charge in [0.15, 0.2) is 0 Å². The second-order valence-corrected chi connectivity index (χ2v) is 12.4. The molecule has 0 N–H and O–H groups in total. The zero-order chi connectivity index (χ0) is 29.7. The van der Waals surface area contributed by atoms with Crippen molar-refractivity contribution in [1.29, 1.82) is 0 Å². The SMILES string of the molecule is CCCCCCCCCOc1ccc(C(=O)Oc2ccc(OCCC[C@H]3CC[C@H](CCCCCCC)CC3)cc2)cc1. The molecule has 0 aromatic heterocycles. The molecule has 0 spiro atoms. The molecule has 0 unspecified atom stereocenters. The van der Waals surface area contributed by atoms with Crippen molar-refractivity contribution in [2.75, 3.05) is 13.2 Å². The first-order valence-electron chi connectivity index (χ1n) is 17.4. The van der Waals surface area contributed by atoms with Gasteiger partial charge >= 0.3 is 5.97 Å². The summed E-state index contributed by atoms with van der Waals surface area (Å²) in [5, 5.41) is 0. The van der Waals surface area contributed by atoms with E-state index in [1.54, 1.807) is 24.3 Å². The summed E-state index contributed by atoms with van der Waals surface area (Å²) in [5.41, 5.74) is 0.514. The fourth-order valence-electron chi connectivity index (χ4n) is 6.11. The quantitative estimate of drug-likeness (QED) is 0.0792. The van der Waals surface area contributed by atoms with Crippen LogP contribution in [-0.4, -0.2) is 19.2 Å². The maximum Gasteiger partial charge on any atom is 0.343 e. The fourth-order valence-corrected chi connectivity index (χ4v) is 6.11. The molecule has 2 aromatic rings. The molecule has 0 aliphatic heterocycles. The van der Waals surface area contributed by atoms with Gasteiger partial charge in [-0.05, 0) is 79.6 Å². The predicted octanol–water partition coefficient (Wildman–Crippen LogP) is 11.4. The summed E-state index contributed by atoms with van der Waals surface area (Å²) >= 11 is 0. The Bertz CT molecular complexity index is 944.